The Labute approximate surface area is 149 Å². The van der Waals surface area contributed by atoms with Crippen molar-refractivity contribution in [3.63, 3.8) is 0 Å². The molecule has 1 aliphatic heterocycles. The number of piperidine rings is 1. The molecule has 0 bridgehead atoms. The molecule has 1 amide bonds. The minimum atomic E-state index is -0.0267. The number of amides is 1. The maximum atomic E-state index is 12.2. The minimum Gasteiger partial charge on any atom is -0.352 e. The van der Waals surface area contributed by atoms with Crippen molar-refractivity contribution in [2.24, 2.45) is 0 Å². The summed E-state index contributed by atoms with van der Waals surface area (Å²) in [7, 11) is 0. The number of anilines is 1. The third kappa shape index (κ3) is 4.56. The van der Waals surface area contributed by atoms with Crippen LogP contribution in [0.1, 0.15) is 49.4 Å². The lowest BCUT2D eigenvalue weighted by atomic mass is 10.1. The van der Waals surface area contributed by atoms with Crippen LogP contribution in [0.15, 0.2) is 36.7 Å². The van der Waals surface area contributed by atoms with E-state index in [9.17, 15) is 4.79 Å². The predicted molar refractivity (Wildman–Crippen MR) is 101 cm³/mol. The van der Waals surface area contributed by atoms with E-state index in [1.165, 1.54) is 19.3 Å². The molecule has 1 fully saturated rings. The summed E-state index contributed by atoms with van der Waals surface area (Å²) < 4.78 is 0. The molecule has 2 heterocycles. The van der Waals surface area contributed by atoms with Crippen molar-refractivity contribution in [1.82, 2.24) is 15.3 Å². The predicted octanol–water partition coefficient (Wildman–Crippen LogP) is 3.66. The van der Waals surface area contributed by atoms with Gasteiger partial charge in [-0.05, 0) is 43.4 Å². The Morgan fingerprint density at radius 3 is 2.60 bits per heavy atom. The number of nitrogens with one attached hydrogen (secondary N) is 1. The molecule has 0 aliphatic carbocycles. The summed E-state index contributed by atoms with van der Waals surface area (Å²) in [6.07, 6.45) is 9.48. The average Bonchev–Trinajstić information content (AvgIpc) is 2.69. The van der Waals surface area contributed by atoms with Gasteiger partial charge < -0.3 is 10.2 Å². The standard InChI is InChI=1S/C20H26N4O/c1-2-3-10-21-19(25)17-9-7-8-16(13-17)18-14-22-20(23-15-18)24-11-5-4-6-12-24/h7-9,13-15H,2-6,10-12H2,1H3,(H,21,25). The molecular weight excluding hydrogens is 312 g/mol. The number of benzene rings is 1. The highest BCUT2D eigenvalue weighted by Gasteiger charge is 2.13. The zero-order chi connectivity index (χ0) is 17.5. The van der Waals surface area contributed by atoms with E-state index in [-0.39, 0.29) is 5.91 Å². The quantitative estimate of drug-likeness (QED) is 0.817. The molecule has 5 heteroatoms. The first-order valence-electron chi connectivity index (χ1n) is 9.23. The maximum Gasteiger partial charge on any atom is 0.251 e. The van der Waals surface area contributed by atoms with Crippen LogP contribution in [0.5, 0.6) is 0 Å². The van der Waals surface area contributed by atoms with Gasteiger partial charge in [-0.25, -0.2) is 9.97 Å². The molecule has 1 aromatic carbocycles. The summed E-state index contributed by atoms with van der Waals surface area (Å²) in [4.78, 5) is 23.5. The monoisotopic (exact) mass is 338 g/mol. The Balaban J connectivity index is 1.71. The lowest BCUT2D eigenvalue weighted by Gasteiger charge is -2.26. The molecule has 2 aromatic rings. The first-order chi connectivity index (χ1) is 12.3. The van der Waals surface area contributed by atoms with E-state index >= 15 is 0 Å². The van der Waals surface area contributed by atoms with E-state index in [1.54, 1.807) is 0 Å². The Kier molecular flexibility index (Phi) is 5.99. The molecule has 1 aliphatic rings. The second kappa shape index (κ2) is 8.60. The molecule has 0 atom stereocenters. The van der Waals surface area contributed by atoms with Gasteiger partial charge in [0, 0.05) is 43.2 Å². The molecule has 5 nitrogen and oxygen atoms in total. The van der Waals surface area contributed by atoms with Crippen molar-refractivity contribution in [3.05, 3.63) is 42.2 Å². The van der Waals surface area contributed by atoms with Crippen LogP contribution >= 0.6 is 0 Å². The number of unbranched alkanes of at least 4 members (excludes halogenated alkanes) is 1. The van der Waals surface area contributed by atoms with Gasteiger partial charge >= 0.3 is 0 Å². The van der Waals surface area contributed by atoms with Crippen LogP contribution in [0.3, 0.4) is 0 Å². The highest BCUT2D eigenvalue weighted by molar-refractivity contribution is 5.95. The van der Waals surface area contributed by atoms with Crippen molar-refractivity contribution < 1.29 is 4.79 Å². The highest BCUT2D eigenvalue weighted by atomic mass is 16.1. The van der Waals surface area contributed by atoms with E-state index in [0.717, 1.165) is 43.0 Å². The topological polar surface area (TPSA) is 58.1 Å². The van der Waals surface area contributed by atoms with Crippen molar-refractivity contribution in [2.75, 3.05) is 24.5 Å². The van der Waals surface area contributed by atoms with Gasteiger partial charge in [0.1, 0.15) is 0 Å². The van der Waals surface area contributed by atoms with E-state index in [0.29, 0.717) is 12.1 Å². The highest BCUT2D eigenvalue weighted by Crippen LogP contribution is 2.21. The van der Waals surface area contributed by atoms with Gasteiger partial charge in [-0.3, -0.25) is 4.79 Å². The zero-order valence-corrected chi connectivity index (χ0v) is 14.9. The summed E-state index contributed by atoms with van der Waals surface area (Å²) in [5, 5.41) is 2.95. The van der Waals surface area contributed by atoms with Gasteiger partial charge in [0.15, 0.2) is 0 Å². The van der Waals surface area contributed by atoms with E-state index in [2.05, 4.69) is 27.1 Å². The van der Waals surface area contributed by atoms with Gasteiger partial charge in [-0.15, -0.1) is 0 Å². The van der Waals surface area contributed by atoms with Gasteiger partial charge in [-0.2, -0.15) is 0 Å². The van der Waals surface area contributed by atoms with Crippen molar-refractivity contribution in [1.29, 1.82) is 0 Å². The fourth-order valence-corrected chi connectivity index (χ4v) is 3.05. The largest absolute Gasteiger partial charge is 0.352 e. The van der Waals surface area contributed by atoms with Gasteiger partial charge in [-0.1, -0.05) is 25.5 Å². The van der Waals surface area contributed by atoms with Crippen LogP contribution in [0.25, 0.3) is 11.1 Å². The van der Waals surface area contributed by atoms with Crippen molar-refractivity contribution in [2.45, 2.75) is 39.0 Å². The minimum absolute atomic E-state index is 0.0267. The summed E-state index contributed by atoms with van der Waals surface area (Å²) in [6.45, 7) is 4.90. The summed E-state index contributed by atoms with van der Waals surface area (Å²) >= 11 is 0. The SMILES string of the molecule is CCCCNC(=O)c1cccc(-c2cnc(N3CCCCC3)nc2)c1. The lowest BCUT2D eigenvalue weighted by molar-refractivity contribution is 0.0953. The number of hydrogen-bond donors (Lipinski definition) is 1. The second-order valence-electron chi connectivity index (χ2n) is 6.51. The Bertz CT molecular complexity index is 693. The zero-order valence-electron chi connectivity index (χ0n) is 14.9. The number of nitrogens with zero attached hydrogens (tertiary/aromatic N) is 3. The molecule has 132 valence electrons. The third-order valence-corrected chi connectivity index (χ3v) is 4.55. The van der Waals surface area contributed by atoms with Gasteiger partial charge in [0.25, 0.3) is 5.91 Å². The molecule has 0 saturated carbocycles. The Morgan fingerprint density at radius 2 is 1.88 bits per heavy atom. The Morgan fingerprint density at radius 1 is 1.12 bits per heavy atom. The van der Waals surface area contributed by atoms with Crippen molar-refractivity contribution in [3.8, 4) is 11.1 Å². The molecule has 0 spiro atoms. The molecule has 0 radical (unpaired) electrons. The van der Waals surface area contributed by atoms with Crippen LogP contribution in [0.4, 0.5) is 5.95 Å². The molecular formula is C20H26N4O. The molecule has 1 N–H and O–H groups in total. The van der Waals surface area contributed by atoms with Crippen LogP contribution in [0.2, 0.25) is 0 Å². The number of rotatable bonds is 6. The fraction of sp³-hybridized carbons (Fsp3) is 0.450. The van der Waals surface area contributed by atoms with E-state index < -0.39 is 0 Å². The average molecular weight is 338 g/mol. The lowest BCUT2D eigenvalue weighted by Crippen LogP contribution is -2.30. The first-order valence-corrected chi connectivity index (χ1v) is 9.23. The maximum absolute atomic E-state index is 12.2. The summed E-state index contributed by atoms with van der Waals surface area (Å²) in [5.74, 6) is 0.776. The van der Waals surface area contributed by atoms with Crippen molar-refractivity contribution >= 4 is 11.9 Å². The Hall–Kier alpha value is -2.43. The van der Waals surface area contributed by atoms with Gasteiger partial charge in [0.2, 0.25) is 5.95 Å². The summed E-state index contributed by atoms with van der Waals surface area (Å²) in [6, 6.07) is 7.64. The number of carbonyl (C=O) groups is 1. The molecule has 3 rings (SSSR count). The molecule has 25 heavy (non-hydrogen) atoms. The molecule has 1 saturated heterocycles. The number of carbonyl (C=O) groups excluding carboxylic acids is 1. The van der Waals surface area contributed by atoms with E-state index in [1.807, 2.05) is 36.7 Å². The molecule has 1 aromatic heterocycles. The number of hydrogen-bond acceptors (Lipinski definition) is 4. The van der Waals surface area contributed by atoms with Gasteiger partial charge in [0.05, 0.1) is 0 Å². The second-order valence-corrected chi connectivity index (χ2v) is 6.51. The van der Waals surface area contributed by atoms with Crippen LogP contribution < -0.4 is 10.2 Å². The normalized spacial score (nSPS) is 14.4. The number of aromatic nitrogens is 2. The van der Waals surface area contributed by atoms with Crippen LogP contribution in [-0.2, 0) is 0 Å². The van der Waals surface area contributed by atoms with E-state index in [4.69, 9.17) is 0 Å². The summed E-state index contributed by atoms with van der Waals surface area (Å²) in [5.41, 5.74) is 2.58. The van der Waals surface area contributed by atoms with Crippen LogP contribution in [0, 0.1) is 0 Å². The third-order valence-electron chi connectivity index (χ3n) is 4.55. The first kappa shape index (κ1) is 17.4. The van der Waals surface area contributed by atoms with Crippen LogP contribution in [-0.4, -0.2) is 35.5 Å². The smallest absolute Gasteiger partial charge is 0.251 e. The fourth-order valence-electron chi connectivity index (χ4n) is 3.05. The molecule has 0 unspecified atom stereocenters.